The zero-order chi connectivity index (χ0) is 20.8. The van der Waals surface area contributed by atoms with Gasteiger partial charge in [-0.05, 0) is 37.8 Å². The molecule has 0 aromatic rings. The van der Waals surface area contributed by atoms with Gasteiger partial charge in [0.15, 0.2) is 11.4 Å². The summed E-state index contributed by atoms with van der Waals surface area (Å²) in [6.45, 7) is 3.51. The quantitative estimate of drug-likeness (QED) is 0.208. The molecule has 0 spiro atoms. The second kappa shape index (κ2) is 12.9. The molecule has 0 fully saturated rings. The Kier molecular flexibility index (Phi) is 10.8. The lowest BCUT2D eigenvalue weighted by Crippen LogP contribution is -2.33. The van der Waals surface area contributed by atoms with Crippen LogP contribution in [0.3, 0.4) is 0 Å². The van der Waals surface area contributed by atoms with Crippen LogP contribution in [0.15, 0.2) is 48.1 Å². The van der Waals surface area contributed by atoms with Crippen LogP contribution in [0, 0.1) is 0 Å². The minimum atomic E-state index is -1.04. The molecular formula is C23H32O5. The van der Waals surface area contributed by atoms with Gasteiger partial charge in [0.1, 0.15) is 0 Å². The van der Waals surface area contributed by atoms with Gasteiger partial charge in [-0.1, -0.05) is 50.1 Å². The van der Waals surface area contributed by atoms with Crippen molar-refractivity contribution in [1.82, 2.24) is 0 Å². The summed E-state index contributed by atoms with van der Waals surface area (Å²) >= 11 is 0. The van der Waals surface area contributed by atoms with Crippen molar-refractivity contribution >= 4 is 17.7 Å². The molecule has 0 radical (unpaired) electrons. The highest BCUT2D eigenvalue weighted by Gasteiger charge is 2.41. The van der Waals surface area contributed by atoms with E-state index in [0.29, 0.717) is 31.3 Å². The van der Waals surface area contributed by atoms with Crippen molar-refractivity contribution in [2.24, 2.45) is 0 Å². The van der Waals surface area contributed by atoms with E-state index in [9.17, 15) is 14.4 Å². The number of unbranched alkanes of at least 4 members (excludes halogenated alkanes) is 4. The molecule has 0 saturated carbocycles. The van der Waals surface area contributed by atoms with Gasteiger partial charge in [-0.3, -0.25) is 14.4 Å². The fraction of sp³-hybridized carbons (Fsp3) is 0.522. The number of esters is 2. The van der Waals surface area contributed by atoms with Crippen molar-refractivity contribution in [2.75, 3.05) is 7.11 Å². The van der Waals surface area contributed by atoms with E-state index in [1.165, 1.54) is 33.0 Å². The lowest BCUT2D eigenvalue weighted by atomic mass is 9.91. The van der Waals surface area contributed by atoms with Crippen LogP contribution in [0.1, 0.15) is 65.2 Å². The van der Waals surface area contributed by atoms with Crippen LogP contribution >= 0.6 is 0 Å². The molecule has 1 aliphatic rings. The first kappa shape index (κ1) is 23.6. The first-order valence-electron chi connectivity index (χ1n) is 9.97. The van der Waals surface area contributed by atoms with E-state index in [0.717, 1.165) is 12.8 Å². The number of rotatable bonds is 12. The Hall–Kier alpha value is -2.43. The molecule has 0 heterocycles. The van der Waals surface area contributed by atoms with Gasteiger partial charge in [0.05, 0.1) is 7.11 Å². The van der Waals surface area contributed by atoms with Crippen molar-refractivity contribution in [3.05, 3.63) is 48.1 Å². The lowest BCUT2D eigenvalue weighted by Gasteiger charge is -2.27. The summed E-state index contributed by atoms with van der Waals surface area (Å²) in [4.78, 5) is 35.1. The number of carbonyl (C=O) groups is 3. The van der Waals surface area contributed by atoms with Crippen molar-refractivity contribution in [1.29, 1.82) is 0 Å². The zero-order valence-corrected chi connectivity index (χ0v) is 17.2. The number of ketones is 1. The highest BCUT2D eigenvalue weighted by atomic mass is 16.6. The standard InChI is InChI=1S/C23H32O5/c1-4-5-6-7-10-13-17-23(28-19(2)24)18-16-21(25)20(23)14-11-8-9-12-15-22(26)27-3/h8,10-11,13-14,16,18H,4-7,9,12,15,17H2,1-3H3/b11-8+,13-10-,20-14?/t23-/m0/s1. The van der Waals surface area contributed by atoms with Crippen molar-refractivity contribution in [3.8, 4) is 0 Å². The molecule has 0 amide bonds. The van der Waals surface area contributed by atoms with Gasteiger partial charge in [0.2, 0.25) is 0 Å². The molecule has 0 saturated heterocycles. The van der Waals surface area contributed by atoms with E-state index >= 15 is 0 Å². The Morgan fingerprint density at radius 2 is 1.86 bits per heavy atom. The molecule has 1 atom stereocenters. The van der Waals surface area contributed by atoms with Crippen LogP contribution < -0.4 is 0 Å². The Labute approximate surface area is 168 Å². The molecule has 0 aromatic carbocycles. The number of methoxy groups -OCH3 is 1. The molecule has 0 aromatic heterocycles. The monoisotopic (exact) mass is 388 g/mol. The maximum Gasteiger partial charge on any atom is 0.305 e. The summed E-state index contributed by atoms with van der Waals surface area (Å²) in [6, 6.07) is 0. The second-order valence-corrected chi connectivity index (χ2v) is 6.83. The highest BCUT2D eigenvalue weighted by Crippen LogP contribution is 2.34. The van der Waals surface area contributed by atoms with Gasteiger partial charge in [-0.15, -0.1) is 0 Å². The summed E-state index contributed by atoms with van der Waals surface area (Å²) in [7, 11) is 1.37. The number of ether oxygens (including phenoxy) is 2. The Morgan fingerprint density at radius 1 is 1.11 bits per heavy atom. The largest absolute Gasteiger partial charge is 0.469 e. The Balaban J connectivity index is 2.79. The van der Waals surface area contributed by atoms with Gasteiger partial charge in [-0.25, -0.2) is 0 Å². The molecule has 5 nitrogen and oxygen atoms in total. The fourth-order valence-corrected chi connectivity index (χ4v) is 3.00. The summed E-state index contributed by atoms with van der Waals surface area (Å²) in [6.07, 6.45) is 19.2. The SMILES string of the molecule is CCCCC/C=C\C[C@]1(OC(C)=O)C=CC(=O)C1=C/C=C/CCCC(=O)OC. The predicted molar refractivity (Wildman–Crippen MR) is 110 cm³/mol. The van der Waals surface area contributed by atoms with Crippen LogP contribution in [-0.2, 0) is 23.9 Å². The van der Waals surface area contributed by atoms with Crippen molar-refractivity contribution in [3.63, 3.8) is 0 Å². The zero-order valence-electron chi connectivity index (χ0n) is 17.2. The van der Waals surface area contributed by atoms with Gasteiger partial charge >= 0.3 is 11.9 Å². The maximum atomic E-state index is 12.3. The summed E-state index contributed by atoms with van der Waals surface area (Å²) < 4.78 is 10.2. The van der Waals surface area contributed by atoms with E-state index in [-0.39, 0.29) is 11.8 Å². The molecule has 0 N–H and O–H groups in total. The number of carbonyl (C=O) groups excluding carboxylic acids is 3. The van der Waals surface area contributed by atoms with Crippen LogP contribution in [0.5, 0.6) is 0 Å². The molecule has 0 aliphatic heterocycles. The van der Waals surface area contributed by atoms with Crippen LogP contribution in [-0.4, -0.2) is 30.4 Å². The normalized spacial score (nSPS) is 20.5. The highest BCUT2D eigenvalue weighted by molar-refractivity contribution is 6.09. The van der Waals surface area contributed by atoms with Crippen LogP contribution in [0.2, 0.25) is 0 Å². The smallest absolute Gasteiger partial charge is 0.305 e. The van der Waals surface area contributed by atoms with Gasteiger partial charge in [0.25, 0.3) is 0 Å². The molecule has 28 heavy (non-hydrogen) atoms. The van der Waals surface area contributed by atoms with Crippen molar-refractivity contribution < 1.29 is 23.9 Å². The van der Waals surface area contributed by atoms with E-state index in [4.69, 9.17) is 4.74 Å². The minimum Gasteiger partial charge on any atom is -0.469 e. The number of allylic oxidation sites excluding steroid dienone is 5. The number of hydrogen-bond acceptors (Lipinski definition) is 5. The van der Waals surface area contributed by atoms with E-state index in [1.807, 2.05) is 12.2 Å². The van der Waals surface area contributed by atoms with E-state index < -0.39 is 11.6 Å². The molecule has 1 aliphatic carbocycles. The second-order valence-electron chi connectivity index (χ2n) is 6.83. The summed E-state index contributed by atoms with van der Waals surface area (Å²) in [5.41, 5.74) is -0.592. The summed E-state index contributed by atoms with van der Waals surface area (Å²) in [5, 5.41) is 0. The maximum absolute atomic E-state index is 12.3. The summed E-state index contributed by atoms with van der Waals surface area (Å²) in [5.74, 6) is -0.812. The third-order valence-corrected chi connectivity index (χ3v) is 4.49. The minimum absolute atomic E-state index is 0.153. The van der Waals surface area contributed by atoms with Gasteiger partial charge in [0, 0.05) is 25.3 Å². The fourth-order valence-electron chi connectivity index (χ4n) is 3.00. The molecular weight excluding hydrogens is 356 g/mol. The van der Waals surface area contributed by atoms with Gasteiger partial charge in [-0.2, -0.15) is 0 Å². The van der Waals surface area contributed by atoms with E-state index in [2.05, 4.69) is 17.7 Å². The lowest BCUT2D eigenvalue weighted by molar-refractivity contribution is -0.149. The van der Waals surface area contributed by atoms with Crippen LogP contribution in [0.4, 0.5) is 0 Å². The Morgan fingerprint density at radius 3 is 2.54 bits per heavy atom. The molecule has 5 heteroatoms. The topological polar surface area (TPSA) is 69.7 Å². The van der Waals surface area contributed by atoms with E-state index in [1.54, 1.807) is 18.2 Å². The third kappa shape index (κ3) is 8.07. The Bertz CT molecular complexity index is 654. The average Bonchev–Trinajstić information content (AvgIpc) is 2.96. The third-order valence-electron chi connectivity index (χ3n) is 4.49. The molecule has 0 unspecified atom stereocenters. The first-order valence-corrected chi connectivity index (χ1v) is 9.97. The average molecular weight is 389 g/mol. The van der Waals surface area contributed by atoms with Crippen LogP contribution in [0.25, 0.3) is 0 Å². The first-order chi connectivity index (χ1) is 13.4. The number of hydrogen-bond donors (Lipinski definition) is 0. The predicted octanol–water partition coefficient (Wildman–Crippen LogP) is 4.78. The molecule has 1 rings (SSSR count). The molecule has 0 bridgehead atoms. The van der Waals surface area contributed by atoms with Gasteiger partial charge < -0.3 is 9.47 Å². The van der Waals surface area contributed by atoms with Crippen molar-refractivity contribution in [2.45, 2.75) is 70.8 Å². The molecule has 154 valence electrons.